The number of amides is 3. The van der Waals surface area contributed by atoms with E-state index in [2.05, 4.69) is 9.88 Å². The average molecular weight is 375 g/mol. The summed E-state index contributed by atoms with van der Waals surface area (Å²) in [7, 11) is 1.65. The number of urea groups is 1. The molecule has 1 aromatic rings. The van der Waals surface area contributed by atoms with Gasteiger partial charge in [-0.15, -0.1) is 0 Å². The molecular formula is C20H29N3O4. The van der Waals surface area contributed by atoms with E-state index < -0.39 is 11.6 Å². The molecular weight excluding hydrogens is 346 g/mol. The largest absolute Gasteiger partial charge is 0.383 e. The van der Waals surface area contributed by atoms with Crippen molar-refractivity contribution in [3.05, 3.63) is 23.0 Å². The van der Waals surface area contributed by atoms with Crippen LogP contribution < -0.4 is 5.32 Å². The third-order valence-electron chi connectivity index (χ3n) is 5.89. The fraction of sp³-hybridized carbons (Fsp3) is 0.650. The fourth-order valence-corrected chi connectivity index (χ4v) is 4.60. The van der Waals surface area contributed by atoms with E-state index in [4.69, 9.17) is 4.74 Å². The SMILES string of the molecule is COCC(C)n1c(C)cc(C(=O)CN2C(=O)NC3(CCCCC3)C2=O)c1C. The summed E-state index contributed by atoms with van der Waals surface area (Å²) in [4.78, 5) is 39.3. The van der Waals surface area contributed by atoms with Gasteiger partial charge in [-0.3, -0.25) is 14.5 Å². The molecule has 1 saturated heterocycles. The third kappa shape index (κ3) is 3.40. The normalized spacial score (nSPS) is 20.2. The molecule has 0 bridgehead atoms. The zero-order valence-corrected chi connectivity index (χ0v) is 16.6. The van der Waals surface area contributed by atoms with Crippen LogP contribution in [0.1, 0.15) is 66.8 Å². The van der Waals surface area contributed by atoms with Crippen LogP contribution in [0.3, 0.4) is 0 Å². The van der Waals surface area contributed by atoms with Gasteiger partial charge < -0.3 is 14.6 Å². The lowest BCUT2D eigenvalue weighted by molar-refractivity contribution is -0.132. The van der Waals surface area contributed by atoms with Gasteiger partial charge in [0.05, 0.1) is 19.2 Å². The number of ether oxygens (including phenoxy) is 1. The van der Waals surface area contributed by atoms with Crippen molar-refractivity contribution in [2.45, 2.75) is 64.5 Å². The van der Waals surface area contributed by atoms with Gasteiger partial charge in [-0.25, -0.2) is 4.79 Å². The molecule has 1 aliphatic heterocycles. The maximum absolute atomic E-state index is 12.9. The van der Waals surface area contributed by atoms with Crippen LogP contribution >= 0.6 is 0 Å². The smallest absolute Gasteiger partial charge is 0.325 e. The molecule has 1 N–H and O–H groups in total. The highest BCUT2D eigenvalue weighted by atomic mass is 16.5. The Kier molecular flexibility index (Phi) is 5.42. The van der Waals surface area contributed by atoms with Crippen LogP contribution in [-0.4, -0.2) is 53.0 Å². The van der Waals surface area contributed by atoms with Crippen LogP contribution in [0, 0.1) is 13.8 Å². The van der Waals surface area contributed by atoms with Gasteiger partial charge in [-0.1, -0.05) is 19.3 Å². The number of nitrogens with one attached hydrogen (secondary N) is 1. The van der Waals surface area contributed by atoms with Gasteiger partial charge in [0.2, 0.25) is 0 Å². The molecule has 1 atom stereocenters. The summed E-state index contributed by atoms with van der Waals surface area (Å²) < 4.78 is 7.29. The number of hydrogen-bond donors (Lipinski definition) is 1. The third-order valence-corrected chi connectivity index (χ3v) is 5.89. The first kappa shape index (κ1) is 19.6. The molecule has 148 valence electrons. The molecule has 2 aliphatic rings. The van der Waals surface area contributed by atoms with E-state index in [9.17, 15) is 14.4 Å². The van der Waals surface area contributed by atoms with Crippen molar-refractivity contribution in [1.82, 2.24) is 14.8 Å². The second-order valence-corrected chi connectivity index (χ2v) is 7.85. The molecule has 1 unspecified atom stereocenters. The van der Waals surface area contributed by atoms with E-state index in [0.29, 0.717) is 25.0 Å². The van der Waals surface area contributed by atoms with Crippen molar-refractivity contribution in [2.24, 2.45) is 0 Å². The fourth-order valence-electron chi connectivity index (χ4n) is 4.60. The standard InChI is InChI=1S/C20H29N3O4/c1-13-10-16(15(3)23(13)14(2)12-27-4)17(24)11-22-18(25)20(21-19(22)26)8-6-5-7-9-20/h10,14H,5-9,11-12H2,1-4H3,(H,21,26). The van der Waals surface area contributed by atoms with Crippen molar-refractivity contribution in [3.8, 4) is 0 Å². The van der Waals surface area contributed by atoms with Gasteiger partial charge in [0, 0.05) is 24.1 Å². The van der Waals surface area contributed by atoms with Crippen LogP contribution in [0.25, 0.3) is 0 Å². The topological polar surface area (TPSA) is 80.6 Å². The summed E-state index contributed by atoms with van der Waals surface area (Å²) in [6.45, 7) is 6.19. The Morgan fingerprint density at radius 3 is 2.56 bits per heavy atom. The summed E-state index contributed by atoms with van der Waals surface area (Å²) in [5, 5.41) is 2.86. The first-order valence-electron chi connectivity index (χ1n) is 9.65. The number of imide groups is 1. The molecule has 7 heteroatoms. The monoisotopic (exact) mass is 375 g/mol. The van der Waals surface area contributed by atoms with Crippen LogP contribution in [0.2, 0.25) is 0 Å². The summed E-state index contributed by atoms with van der Waals surface area (Å²) >= 11 is 0. The van der Waals surface area contributed by atoms with Crippen molar-refractivity contribution in [3.63, 3.8) is 0 Å². The van der Waals surface area contributed by atoms with Gasteiger partial charge in [0.15, 0.2) is 5.78 Å². The van der Waals surface area contributed by atoms with Gasteiger partial charge in [-0.05, 0) is 39.7 Å². The van der Waals surface area contributed by atoms with Crippen LogP contribution in [0.4, 0.5) is 4.79 Å². The lowest BCUT2D eigenvalue weighted by Crippen LogP contribution is -2.48. The molecule has 7 nitrogen and oxygen atoms in total. The molecule has 0 aromatic carbocycles. The molecule has 0 radical (unpaired) electrons. The van der Waals surface area contributed by atoms with Crippen molar-refractivity contribution < 1.29 is 19.1 Å². The second-order valence-electron chi connectivity index (χ2n) is 7.85. The van der Waals surface area contributed by atoms with Crippen LogP contribution in [0.5, 0.6) is 0 Å². The zero-order valence-electron chi connectivity index (χ0n) is 16.6. The average Bonchev–Trinajstić information content (AvgIpc) is 3.04. The lowest BCUT2D eigenvalue weighted by Gasteiger charge is -2.30. The van der Waals surface area contributed by atoms with Crippen LogP contribution in [0.15, 0.2) is 6.07 Å². The minimum absolute atomic E-state index is 0.0961. The van der Waals surface area contributed by atoms with Crippen molar-refractivity contribution in [2.75, 3.05) is 20.3 Å². The van der Waals surface area contributed by atoms with E-state index in [1.165, 1.54) is 0 Å². The number of Topliss-reactive ketones (excluding diaryl/α,β-unsaturated/α-hetero) is 1. The lowest BCUT2D eigenvalue weighted by atomic mass is 9.82. The Bertz CT molecular complexity index is 762. The van der Waals surface area contributed by atoms with Gasteiger partial charge >= 0.3 is 6.03 Å². The molecule has 1 aromatic heterocycles. The summed E-state index contributed by atoms with van der Waals surface area (Å²) in [5.74, 6) is -0.461. The predicted octanol–water partition coefficient (Wildman–Crippen LogP) is 2.75. The zero-order chi connectivity index (χ0) is 19.8. The minimum Gasteiger partial charge on any atom is -0.383 e. The number of ketones is 1. The second kappa shape index (κ2) is 7.46. The minimum atomic E-state index is -0.792. The Balaban J connectivity index is 1.79. The number of rotatable bonds is 6. The Labute approximate surface area is 160 Å². The number of aryl methyl sites for hydroxylation is 1. The Morgan fingerprint density at radius 1 is 1.26 bits per heavy atom. The summed E-state index contributed by atoms with van der Waals surface area (Å²) in [6, 6.07) is 1.48. The van der Waals surface area contributed by atoms with Crippen molar-refractivity contribution >= 4 is 17.7 Å². The molecule has 3 rings (SSSR count). The van der Waals surface area contributed by atoms with E-state index >= 15 is 0 Å². The number of methoxy groups -OCH3 is 1. The van der Waals surface area contributed by atoms with Gasteiger partial charge in [0.25, 0.3) is 5.91 Å². The maximum atomic E-state index is 12.9. The molecule has 1 saturated carbocycles. The van der Waals surface area contributed by atoms with E-state index in [1.54, 1.807) is 7.11 Å². The number of aromatic nitrogens is 1. The quantitative estimate of drug-likeness (QED) is 0.612. The highest BCUT2D eigenvalue weighted by Crippen LogP contribution is 2.34. The molecule has 2 heterocycles. The first-order valence-corrected chi connectivity index (χ1v) is 9.65. The molecule has 2 fully saturated rings. The number of hydrogen-bond acceptors (Lipinski definition) is 4. The van der Waals surface area contributed by atoms with Crippen LogP contribution in [-0.2, 0) is 9.53 Å². The highest BCUT2D eigenvalue weighted by molar-refractivity contribution is 6.11. The van der Waals surface area contributed by atoms with E-state index in [0.717, 1.165) is 35.6 Å². The number of carbonyl (C=O) groups is 3. The van der Waals surface area contributed by atoms with Gasteiger partial charge in [-0.2, -0.15) is 0 Å². The summed E-state index contributed by atoms with van der Waals surface area (Å²) in [6.07, 6.45) is 4.24. The summed E-state index contributed by atoms with van der Waals surface area (Å²) in [5.41, 5.74) is 1.56. The maximum Gasteiger partial charge on any atom is 0.325 e. The Hall–Kier alpha value is -2.15. The Morgan fingerprint density at radius 2 is 1.93 bits per heavy atom. The van der Waals surface area contributed by atoms with E-state index in [1.807, 2.05) is 26.8 Å². The number of nitrogens with zero attached hydrogens (tertiary/aromatic N) is 2. The van der Waals surface area contributed by atoms with E-state index in [-0.39, 0.29) is 24.3 Å². The molecule has 1 aliphatic carbocycles. The number of carbonyl (C=O) groups excluding carboxylic acids is 3. The first-order chi connectivity index (χ1) is 12.8. The molecule has 1 spiro atoms. The molecule has 27 heavy (non-hydrogen) atoms. The highest BCUT2D eigenvalue weighted by Gasteiger charge is 2.51. The molecule has 3 amide bonds. The predicted molar refractivity (Wildman–Crippen MR) is 101 cm³/mol. The van der Waals surface area contributed by atoms with Gasteiger partial charge in [0.1, 0.15) is 5.54 Å². The van der Waals surface area contributed by atoms with Crippen molar-refractivity contribution in [1.29, 1.82) is 0 Å².